The number of benzene rings is 2. The van der Waals surface area contributed by atoms with Gasteiger partial charge in [0, 0.05) is 23.6 Å². The second kappa shape index (κ2) is 7.93. The average Bonchev–Trinajstić information content (AvgIpc) is 2.75. The zero-order chi connectivity index (χ0) is 18.6. The second-order valence-corrected chi connectivity index (χ2v) is 7.05. The predicted octanol–water partition coefficient (Wildman–Crippen LogP) is 4.19. The first-order chi connectivity index (χ1) is 13.3. The van der Waals surface area contributed by atoms with Crippen LogP contribution in [0.5, 0.6) is 5.75 Å². The number of rotatable bonds is 5. The van der Waals surface area contributed by atoms with Crippen LogP contribution in [0.1, 0.15) is 24.1 Å². The lowest BCUT2D eigenvalue weighted by molar-refractivity contribution is -0.695. The number of aromatic nitrogens is 1. The van der Waals surface area contributed by atoms with Crippen molar-refractivity contribution >= 4 is 0 Å². The Balaban J connectivity index is 1.95. The molecule has 1 N–H and O–H groups in total. The molecule has 0 bridgehead atoms. The van der Waals surface area contributed by atoms with Crippen molar-refractivity contribution in [1.29, 1.82) is 0 Å². The van der Waals surface area contributed by atoms with Crippen molar-refractivity contribution in [2.24, 2.45) is 0 Å². The SMILES string of the molecule is COc1ccc(-c2cc(-c3ccccc3)[n+](CCO)c3c2CCCC3)cc1. The number of hydrogen-bond acceptors (Lipinski definition) is 2. The molecule has 0 amide bonds. The van der Waals surface area contributed by atoms with E-state index < -0.39 is 0 Å². The van der Waals surface area contributed by atoms with E-state index in [1.807, 2.05) is 18.2 Å². The molecule has 0 aliphatic heterocycles. The van der Waals surface area contributed by atoms with Crippen molar-refractivity contribution in [2.45, 2.75) is 32.2 Å². The van der Waals surface area contributed by atoms with Gasteiger partial charge in [-0.3, -0.25) is 0 Å². The zero-order valence-corrected chi connectivity index (χ0v) is 15.8. The van der Waals surface area contributed by atoms with Gasteiger partial charge in [-0.1, -0.05) is 30.3 Å². The maximum Gasteiger partial charge on any atom is 0.213 e. The largest absolute Gasteiger partial charge is 0.497 e. The highest BCUT2D eigenvalue weighted by molar-refractivity contribution is 5.73. The molecule has 0 saturated heterocycles. The fourth-order valence-corrected chi connectivity index (χ4v) is 4.16. The van der Waals surface area contributed by atoms with Crippen LogP contribution in [0.3, 0.4) is 0 Å². The van der Waals surface area contributed by atoms with Crippen LogP contribution < -0.4 is 9.30 Å². The molecule has 1 heterocycles. The van der Waals surface area contributed by atoms with Crippen LogP contribution in [0.15, 0.2) is 60.7 Å². The Labute approximate surface area is 160 Å². The lowest BCUT2D eigenvalue weighted by atomic mass is 9.87. The summed E-state index contributed by atoms with van der Waals surface area (Å²) in [5.74, 6) is 0.877. The highest BCUT2D eigenvalue weighted by Crippen LogP contribution is 2.34. The van der Waals surface area contributed by atoms with Crippen LogP contribution in [-0.4, -0.2) is 18.8 Å². The lowest BCUT2D eigenvalue weighted by Crippen LogP contribution is -2.44. The molecular weight excluding hydrogens is 334 g/mol. The summed E-state index contributed by atoms with van der Waals surface area (Å²) in [5, 5.41) is 9.70. The molecule has 3 heteroatoms. The lowest BCUT2D eigenvalue weighted by Gasteiger charge is -2.20. The minimum Gasteiger partial charge on any atom is -0.497 e. The van der Waals surface area contributed by atoms with Crippen LogP contribution in [0.2, 0.25) is 0 Å². The van der Waals surface area contributed by atoms with E-state index in [9.17, 15) is 5.11 Å². The van der Waals surface area contributed by atoms with Gasteiger partial charge in [0.25, 0.3) is 0 Å². The number of methoxy groups -OCH3 is 1. The highest BCUT2D eigenvalue weighted by Gasteiger charge is 2.28. The molecule has 138 valence electrons. The van der Waals surface area contributed by atoms with E-state index in [-0.39, 0.29) is 6.61 Å². The van der Waals surface area contributed by atoms with E-state index in [0.29, 0.717) is 6.54 Å². The summed E-state index contributed by atoms with van der Waals surface area (Å²) in [6.45, 7) is 0.786. The topological polar surface area (TPSA) is 33.3 Å². The van der Waals surface area contributed by atoms with Gasteiger partial charge in [0.2, 0.25) is 5.69 Å². The molecule has 0 saturated carbocycles. The molecule has 0 radical (unpaired) electrons. The van der Waals surface area contributed by atoms with Gasteiger partial charge in [0.15, 0.2) is 12.2 Å². The molecule has 27 heavy (non-hydrogen) atoms. The van der Waals surface area contributed by atoms with E-state index in [2.05, 4.69) is 47.0 Å². The van der Waals surface area contributed by atoms with Gasteiger partial charge >= 0.3 is 0 Å². The Morgan fingerprint density at radius 2 is 1.67 bits per heavy atom. The molecule has 3 aromatic rings. The Morgan fingerprint density at radius 3 is 2.37 bits per heavy atom. The number of aliphatic hydroxyl groups excluding tert-OH is 1. The van der Waals surface area contributed by atoms with Gasteiger partial charge in [0.1, 0.15) is 12.4 Å². The van der Waals surface area contributed by atoms with Crippen LogP contribution in [-0.2, 0) is 19.4 Å². The number of fused-ring (bicyclic) bond motifs is 1. The van der Waals surface area contributed by atoms with Crippen molar-refractivity contribution in [3.8, 4) is 28.1 Å². The first-order valence-electron chi connectivity index (χ1n) is 9.71. The summed E-state index contributed by atoms with van der Waals surface area (Å²) in [4.78, 5) is 0. The van der Waals surface area contributed by atoms with Crippen molar-refractivity contribution in [2.75, 3.05) is 13.7 Å². The zero-order valence-electron chi connectivity index (χ0n) is 15.8. The molecule has 3 nitrogen and oxygen atoms in total. The average molecular weight is 360 g/mol. The first kappa shape index (κ1) is 17.7. The van der Waals surface area contributed by atoms with Crippen LogP contribution in [0, 0.1) is 0 Å². The van der Waals surface area contributed by atoms with E-state index in [0.717, 1.165) is 18.6 Å². The van der Waals surface area contributed by atoms with Crippen molar-refractivity contribution in [3.63, 3.8) is 0 Å². The minimum absolute atomic E-state index is 0.152. The summed E-state index contributed by atoms with van der Waals surface area (Å²) >= 11 is 0. The fraction of sp³-hybridized carbons (Fsp3) is 0.292. The molecule has 1 aromatic heterocycles. The summed E-state index contributed by atoms with van der Waals surface area (Å²) in [7, 11) is 1.70. The van der Waals surface area contributed by atoms with Gasteiger partial charge in [-0.15, -0.1) is 0 Å². The van der Waals surface area contributed by atoms with E-state index >= 15 is 0 Å². The molecule has 4 rings (SSSR count). The van der Waals surface area contributed by atoms with Gasteiger partial charge in [-0.05, 0) is 54.7 Å². The third-order valence-electron chi connectivity index (χ3n) is 5.46. The molecule has 1 aliphatic carbocycles. The van der Waals surface area contributed by atoms with Gasteiger partial charge in [-0.2, -0.15) is 4.57 Å². The molecule has 1 aliphatic rings. The Kier molecular flexibility index (Phi) is 5.21. The van der Waals surface area contributed by atoms with Crippen LogP contribution >= 0.6 is 0 Å². The third kappa shape index (κ3) is 3.47. The number of aliphatic hydroxyl groups is 1. The van der Waals surface area contributed by atoms with E-state index in [4.69, 9.17) is 4.74 Å². The van der Waals surface area contributed by atoms with Crippen molar-refractivity contribution in [3.05, 3.63) is 71.9 Å². The normalized spacial score (nSPS) is 13.3. The summed E-state index contributed by atoms with van der Waals surface area (Å²) < 4.78 is 7.66. The maximum atomic E-state index is 9.70. The smallest absolute Gasteiger partial charge is 0.213 e. The number of nitrogens with zero attached hydrogens (tertiary/aromatic N) is 1. The van der Waals surface area contributed by atoms with E-state index in [1.54, 1.807) is 7.11 Å². The predicted molar refractivity (Wildman–Crippen MR) is 108 cm³/mol. The van der Waals surface area contributed by atoms with Crippen LogP contribution in [0.4, 0.5) is 0 Å². The second-order valence-electron chi connectivity index (χ2n) is 7.05. The van der Waals surface area contributed by atoms with Crippen molar-refractivity contribution in [1.82, 2.24) is 0 Å². The van der Waals surface area contributed by atoms with Crippen LogP contribution in [0.25, 0.3) is 22.4 Å². The summed E-state index contributed by atoms with van der Waals surface area (Å²) in [6, 6.07) is 21.1. The van der Waals surface area contributed by atoms with Gasteiger partial charge < -0.3 is 9.84 Å². The van der Waals surface area contributed by atoms with Gasteiger partial charge in [-0.25, -0.2) is 0 Å². The first-order valence-corrected chi connectivity index (χ1v) is 9.71. The molecule has 0 spiro atoms. The molecule has 0 fully saturated rings. The Morgan fingerprint density at radius 1 is 0.926 bits per heavy atom. The Bertz CT molecular complexity index is 917. The third-order valence-corrected chi connectivity index (χ3v) is 5.46. The Hall–Kier alpha value is -2.65. The van der Waals surface area contributed by atoms with Gasteiger partial charge in [0.05, 0.1) is 7.11 Å². The summed E-state index contributed by atoms with van der Waals surface area (Å²) in [6.07, 6.45) is 4.59. The summed E-state index contributed by atoms with van der Waals surface area (Å²) in [5.41, 5.74) is 7.70. The van der Waals surface area contributed by atoms with E-state index in [1.165, 1.54) is 46.5 Å². The monoisotopic (exact) mass is 360 g/mol. The highest BCUT2D eigenvalue weighted by atomic mass is 16.5. The molecule has 0 unspecified atom stereocenters. The maximum absolute atomic E-state index is 9.70. The number of ether oxygens (including phenoxy) is 1. The molecule has 0 atom stereocenters. The fourth-order valence-electron chi connectivity index (χ4n) is 4.16. The van der Waals surface area contributed by atoms with Crippen molar-refractivity contribution < 1.29 is 14.4 Å². The standard InChI is InChI=1S/C24H26NO2/c1-27-20-13-11-18(12-14-20)22-17-24(19-7-3-2-4-8-19)25(15-16-26)23-10-6-5-9-21(22)23/h2-4,7-8,11-14,17,26H,5-6,9-10,15-16H2,1H3/q+1. The molecular formula is C24H26NO2+. The molecule has 2 aromatic carbocycles. The quantitative estimate of drug-likeness (QED) is 0.692. The number of pyridine rings is 1. The minimum atomic E-state index is 0.152. The number of hydrogen-bond donors (Lipinski definition) is 1.